The summed E-state index contributed by atoms with van der Waals surface area (Å²) in [7, 11) is 1.63. The minimum atomic E-state index is -0.727. The molecule has 2 amide bonds. The molecule has 1 aliphatic rings. The van der Waals surface area contributed by atoms with Crippen molar-refractivity contribution in [1.82, 2.24) is 10.2 Å². The lowest BCUT2D eigenvalue weighted by Gasteiger charge is -2.36. The van der Waals surface area contributed by atoms with Crippen molar-refractivity contribution in [3.63, 3.8) is 0 Å². The van der Waals surface area contributed by atoms with Crippen molar-refractivity contribution < 1.29 is 19.1 Å². The zero-order chi connectivity index (χ0) is 16.8. The van der Waals surface area contributed by atoms with Crippen LogP contribution in [0.3, 0.4) is 0 Å². The zero-order valence-corrected chi connectivity index (χ0v) is 13.4. The first-order valence-electron chi connectivity index (χ1n) is 7.47. The molecule has 1 aliphatic heterocycles. The standard InChI is InChI=1S/C16H21N3O4/c1-12(20)16(22)17-11-15(21)19-9-7-18(8-10-19)13-3-5-14(23-2)6-4-13/h3-6H,7-11H2,1-2H3,(H,17,22). The van der Waals surface area contributed by atoms with Gasteiger partial charge in [-0.1, -0.05) is 0 Å². The van der Waals surface area contributed by atoms with E-state index in [0.29, 0.717) is 13.1 Å². The Morgan fingerprint density at radius 3 is 2.22 bits per heavy atom. The summed E-state index contributed by atoms with van der Waals surface area (Å²) in [5.74, 6) is -0.685. The number of anilines is 1. The molecule has 0 bridgehead atoms. The van der Waals surface area contributed by atoms with Gasteiger partial charge in [0.2, 0.25) is 11.7 Å². The third-order valence-corrected chi connectivity index (χ3v) is 3.79. The van der Waals surface area contributed by atoms with Gasteiger partial charge in [0, 0.05) is 38.8 Å². The predicted octanol–water partition coefficient (Wildman–Crippen LogP) is 0.0490. The molecule has 0 aliphatic carbocycles. The van der Waals surface area contributed by atoms with E-state index in [9.17, 15) is 14.4 Å². The zero-order valence-electron chi connectivity index (χ0n) is 13.4. The molecule has 2 rings (SSSR count). The SMILES string of the molecule is COc1ccc(N2CCN(C(=O)CNC(=O)C(C)=O)CC2)cc1. The number of benzene rings is 1. The molecular weight excluding hydrogens is 298 g/mol. The molecule has 124 valence electrons. The Balaban J connectivity index is 1.81. The van der Waals surface area contributed by atoms with Crippen LogP contribution in [0, 0.1) is 0 Å². The van der Waals surface area contributed by atoms with Gasteiger partial charge in [-0.3, -0.25) is 14.4 Å². The highest BCUT2D eigenvalue weighted by molar-refractivity contribution is 6.35. The Morgan fingerprint density at radius 2 is 1.70 bits per heavy atom. The molecule has 0 radical (unpaired) electrons. The summed E-state index contributed by atoms with van der Waals surface area (Å²) >= 11 is 0. The minimum Gasteiger partial charge on any atom is -0.497 e. The highest BCUT2D eigenvalue weighted by atomic mass is 16.5. The summed E-state index contributed by atoms with van der Waals surface area (Å²) in [6.07, 6.45) is 0. The summed E-state index contributed by atoms with van der Waals surface area (Å²) in [4.78, 5) is 37.9. The number of carbonyl (C=O) groups is 3. The first kappa shape index (κ1) is 16.8. The fourth-order valence-electron chi connectivity index (χ4n) is 2.40. The highest BCUT2D eigenvalue weighted by Crippen LogP contribution is 2.20. The second-order valence-electron chi connectivity index (χ2n) is 5.30. The number of piperazine rings is 1. The first-order chi connectivity index (χ1) is 11.0. The highest BCUT2D eigenvalue weighted by Gasteiger charge is 2.21. The number of carbonyl (C=O) groups excluding carboxylic acids is 3. The second-order valence-corrected chi connectivity index (χ2v) is 5.30. The van der Waals surface area contributed by atoms with Crippen molar-refractivity contribution in [3.05, 3.63) is 24.3 Å². The Labute approximate surface area is 135 Å². The molecule has 1 saturated heterocycles. The molecule has 1 fully saturated rings. The smallest absolute Gasteiger partial charge is 0.287 e. The van der Waals surface area contributed by atoms with Crippen LogP contribution in [-0.4, -0.2) is 62.3 Å². The van der Waals surface area contributed by atoms with Crippen LogP contribution in [0.2, 0.25) is 0 Å². The van der Waals surface area contributed by atoms with E-state index in [1.54, 1.807) is 12.0 Å². The molecule has 1 N–H and O–H groups in total. The average Bonchev–Trinajstić information content (AvgIpc) is 2.59. The first-order valence-corrected chi connectivity index (χ1v) is 7.47. The lowest BCUT2D eigenvalue weighted by atomic mass is 10.2. The molecule has 0 saturated carbocycles. The Hall–Kier alpha value is -2.57. The molecule has 23 heavy (non-hydrogen) atoms. The molecule has 1 aromatic carbocycles. The van der Waals surface area contributed by atoms with E-state index in [0.717, 1.165) is 24.5 Å². The fourth-order valence-corrected chi connectivity index (χ4v) is 2.40. The molecule has 0 spiro atoms. The van der Waals surface area contributed by atoms with E-state index < -0.39 is 11.7 Å². The van der Waals surface area contributed by atoms with Crippen LogP contribution in [0.5, 0.6) is 5.75 Å². The number of amides is 2. The molecule has 7 heteroatoms. The van der Waals surface area contributed by atoms with Crippen LogP contribution < -0.4 is 15.0 Å². The summed E-state index contributed by atoms with van der Waals surface area (Å²) in [6.45, 7) is 3.65. The van der Waals surface area contributed by atoms with Crippen molar-refractivity contribution in [2.75, 3.05) is 44.7 Å². The van der Waals surface area contributed by atoms with Crippen molar-refractivity contribution in [1.29, 1.82) is 0 Å². The monoisotopic (exact) mass is 319 g/mol. The maximum atomic E-state index is 12.0. The average molecular weight is 319 g/mol. The van der Waals surface area contributed by atoms with Gasteiger partial charge in [-0.25, -0.2) is 0 Å². The number of rotatable bonds is 5. The van der Waals surface area contributed by atoms with E-state index >= 15 is 0 Å². The second kappa shape index (κ2) is 7.62. The van der Waals surface area contributed by atoms with Crippen LogP contribution in [0.4, 0.5) is 5.69 Å². The van der Waals surface area contributed by atoms with Crippen molar-refractivity contribution in [2.24, 2.45) is 0 Å². The van der Waals surface area contributed by atoms with Crippen molar-refractivity contribution in [3.8, 4) is 5.75 Å². The van der Waals surface area contributed by atoms with Crippen molar-refractivity contribution >= 4 is 23.3 Å². The van der Waals surface area contributed by atoms with E-state index in [1.165, 1.54) is 6.92 Å². The Kier molecular flexibility index (Phi) is 5.56. The lowest BCUT2D eigenvalue weighted by Crippen LogP contribution is -2.51. The number of Topliss-reactive ketones (excluding diaryl/α,β-unsaturated/α-hetero) is 1. The molecular formula is C16H21N3O4. The van der Waals surface area contributed by atoms with Gasteiger partial charge in [0.1, 0.15) is 5.75 Å². The van der Waals surface area contributed by atoms with Gasteiger partial charge in [0.25, 0.3) is 5.91 Å². The fraction of sp³-hybridized carbons (Fsp3) is 0.438. The Bertz CT molecular complexity index is 577. The quantitative estimate of drug-likeness (QED) is 0.776. The maximum Gasteiger partial charge on any atom is 0.287 e. The van der Waals surface area contributed by atoms with E-state index in [-0.39, 0.29) is 12.5 Å². The molecule has 1 heterocycles. The minimum absolute atomic E-state index is 0.138. The van der Waals surface area contributed by atoms with Gasteiger partial charge in [-0.05, 0) is 24.3 Å². The summed E-state index contributed by atoms with van der Waals surface area (Å²) in [5, 5.41) is 2.33. The predicted molar refractivity (Wildman–Crippen MR) is 85.5 cm³/mol. The number of methoxy groups -OCH3 is 1. The number of ketones is 1. The topological polar surface area (TPSA) is 79.0 Å². The van der Waals surface area contributed by atoms with Crippen molar-refractivity contribution in [2.45, 2.75) is 6.92 Å². The molecule has 1 aromatic rings. The van der Waals surface area contributed by atoms with Gasteiger partial charge in [-0.2, -0.15) is 0 Å². The number of ether oxygens (including phenoxy) is 1. The summed E-state index contributed by atoms with van der Waals surface area (Å²) in [6, 6.07) is 7.79. The number of nitrogens with one attached hydrogen (secondary N) is 1. The van der Waals surface area contributed by atoms with E-state index in [4.69, 9.17) is 4.74 Å². The van der Waals surface area contributed by atoms with Gasteiger partial charge in [0.15, 0.2) is 0 Å². The number of nitrogens with zero attached hydrogens (tertiary/aromatic N) is 2. The van der Waals surface area contributed by atoms with E-state index in [1.807, 2.05) is 24.3 Å². The third kappa shape index (κ3) is 4.45. The summed E-state index contributed by atoms with van der Waals surface area (Å²) in [5.41, 5.74) is 1.09. The van der Waals surface area contributed by atoms with Crippen LogP contribution in [0.25, 0.3) is 0 Å². The normalized spacial score (nSPS) is 14.3. The molecule has 7 nitrogen and oxygen atoms in total. The van der Waals surface area contributed by atoms with Gasteiger partial charge in [-0.15, -0.1) is 0 Å². The van der Waals surface area contributed by atoms with Gasteiger partial charge in [0.05, 0.1) is 13.7 Å². The maximum absolute atomic E-state index is 12.0. The molecule has 0 atom stereocenters. The van der Waals surface area contributed by atoms with Crippen LogP contribution in [-0.2, 0) is 14.4 Å². The van der Waals surface area contributed by atoms with Crippen LogP contribution in [0.1, 0.15) is 6.92 Å². The number of hydrogen-bond acceptors (Lipinski definition) is 5. The largest absolute Gasteiger partial charge is 0.497 e. The van der Waals surface area contributed by atoms with E-state index in [2.05, 4.69) is 10.2 Å². The lowest BCUT2D eigenvalue weighted by molar-refractivity contribution is -0.138. The summed E-state index contributed by atoms with van der Waals surface area (Å²) < 4.78 is 5.14. The Morgan fingerprint density at radius 1 is 1.09 bits per heavy atom. The van der Waals surface area contributed by atoms with Gasteiger partial charge < -0.3 is 19.9 Å². The molecule has 0 aromatic heterocycles. The number of hydrogen-bond donors (Lipinski definition) is 1. The molecule has 0 unspecified atom stereocenters. The van der Waals surface area contributed by atoms with Crippen LogP contribution >= 0.6 is 0 Å². The van der Waals surface area contributed by atoms with Gasteiger partial charge >= 0.3 is 0 Å². The van der Waals surface area contributed by atoms with Crippen LogP contribution in [0.15, 0.2) is 24.3 Å². The third-order valence-electron chi connectivity index (χ3n) is 3.79.